The van der Waals surface area contributed by atoms with E-state index in [9.17, 15) is 13.2 Å². The highest BCUT2D eigenvalue weighted by atomic mass is 35.5. The molecule has 8 heteroatoms. The van der Waals surface area contributed by atoms with Gasteiger partial charge in [0.05, 0.1) is 16.3 Å². The maximum Gasteiger partial charge on any atom is 0.226 e. The summed E-state index contributed by atoms with van der Waals surface area (Å²) < 4.78 is 24.4. The van der Waals surface area contributed by atoms with Crippen molar-refractivity contribution >= 4 is 43.8 Å². The van der Waals surface area contributed by atoms with E-state index in [4.69, 9.17) is 11.6 Å². The number of sulfone groups is 1. The van der Waals surface area contributed by atoms with E-state index in [0.29, 0.717) is 10.2 Å². The summed E-state index contributed by atoms with van der Waals surface area (Å²) in [6.07, 6.45) is 0.362. The third kappa shape index (κ3) is 5.38. The van der Waals surface area contributed by atoms with Gasteiger partial charge in [0.1, 0.15) is 0 Å². The van der Waals surface area contributed by atoms with Gasteiger partial charge in [-0.25, -0.2) is 13.4 Å². The van der Waals surface area contributed by atoms with Crippen LogP contribution in [0.2, 0.25) is 5.02 Å². The highest BCUT2D eigenvalue weighted by Crippen LogP contribution is 2.26. The number of amides is 1. The molecule has 140 valence electrons. The average molecular weight is 421 g/mol. The predicted molar refractivity (Wildman–Crippen MR) is 109 cm³/mol. The van der Waals surface area contributed by atoms with Gasteiger partial charge in [0.15, 0.2) is 15.0 Å². The van der Waals surface area contributed by atoms with Crippen LogP contribution in [-0.2, 0) is 14.6 Å². The van der Waals surface area contributed by atoms with Crippen LogP contribution in [0.1, 0.15) is 12.8 Å². The van der Waals surface area contributed by atoms with Crippen molar-refractivity contribution in [2.75, 3.05) is 11.1 Å². The smallest absolute Gasteiger partial charge is 0.226 e. The number of anilines is 1. The van der Waals surface area contributed by atoms with Crippen LogP contribution >= 0.6 is 22.9 Å². The summed E-state index contributed by atoms with van der Waals surface area (Å²) in [6, 6.07) is 15.5. The molecule has 1 amide bonds. The zero-order valence-electron chi connectivity index (χ0n) is 14.3. The SMILES string of the molecule is O=C(CCCS(=O)(=O)c1ccccc1)Nc1nc(-c2ccc(Cl)cc2)cs1. The van der Waals surface area contributed by atoms with Gasteiger partial charge in [-0.15, -0.1) is 11.3 Å². The minimum absolute atomic E-state index is 0.0711. The van der Waals surface area contributed by atoms with Crippen molar-refractivity contribution in [3.8, 4) is 11.3 Å². The van der Waals surface area contributed by atoms with Gasteiger partial charge in [0.25, 0.3) is 0 Å². The second-order valence-electron chi connectivity index (χ2n) is 5.83. The van der Waals surface area contributed by atoms with Crippen LogP contribution < -0.4 is 5.32 Å². The minimum Gasteiger partial charge on any atom is -0.302 e. The van der Waals surface area contributed by atoms with E-state index in [2.05, 4.69) is 10.3 Å². The van der Waals surface area contributed by atoms with Crippen molar-refractivity contribution in [2.24, 2.45) is 0 Å². The Balaban J connectivity index is 1.52. The zero-order chi connectivity index (χ0) is 19.3. The number of rotatable bonds is 7. The number of carbonyl (C=O) groups is 1. The molecule has 27 heavy (non-hydrogen) atoms. The van der Waals surface area contributed by atoms with Crippen LogP contribution in [0, 0.1) is 0 Å². The molecule has 3 aromatic rings. The van der Waals surface area contributed by atoms with E-state index in [-0.39, 0.29) is 29.4 Å². The fraction of sp³-hybridized carbons (Fsp3) is 0.158. The molecule has 0 atom stereocenters. The maximum absolute atomic E-state index is 12.2. The largest absolute Gasteiger partial charge is 0.302 e. The summed E-state index contributed by atoms with van der Waals surface area (Å²) in [6.45, 7) is 0. The van der Waals surface area contributed by atoms with E-state index in [1.165, 1.54) is 11.3 Å². The predicted octanol–water partition coefficient (Wildman–Crippen LogP) is 4.66. The van der Waals surface area contributed by atoms with Crippen LogP contribution in [0.4, 0.5) is 5.13 Å². The van der Waals surface area contributed by atoms with E-state index in [1.54, 1.807) is 42.5 Å². The summed E-state index contributed by atoms with van der Waals surface area (Å²) in [5.74, 6) is -0.325. The second-order valence-corrected chi connectivity index (χ2v) is 9.23. The molecule has 2 aromatic carbocycles. The molecule has 0 saturated heterocycles. The highest BCUT2D eigenvalue weighted by Gasteiger charge is 2.15. The van der Waals surface area contributed by atoms with Crippen LogP contribution in [-0.4, -0.2) is 25.1 Å². The number of benzene rings is 2. The van der Waals surface area contributed by atoms with Crippen molar-refractivity contribution < 1.29 is 13.2 Å². The number of carbonyl (C=O) groups excluding carboxylic acids is 1. The molecule has 0 saturated carbocycles. The maximum atomic E-state index is 12.2. The lowest BCUT2D eigenvalue weighted by atomic mass is 10.2. The Bertz CT molecular complexity index is 1020. The highest BCUT2D eigenvalue weighted by molar-refractivity contribution is 7.91. The van der Waals surface area contributed by atoms with Gasteiger partial charge >= 0.3 is 0 Å². The van der Waals surface area contributed by atoms with Gasteiger partial charge in [0.2, 0.25) is 5.91 Å². The molecule has 0 aliphatic rings. The monoisotopic (exact) mass is 420 g/mol. The molecular weight excluding hydrogens is 404 g/mol. The summed E-state index contributed by atoms with van der Waals surface area (Å²) in [4.78, 5) is 16.7. The number of nitrogens with zero attached hydrogens (tertiary/aromatic N) is 1. The summed E-state index contributed by atoms with van der Waals surface area (Å²) in [7, 11) is -3.37. The molecule has 3 rings (SSSR count). The number of hydrogen-bond donors (Lipinski definition) is 1. The third-order valence-electron chi connectivity index (χ3n) is 3.81. The fourth-order valence-corrected chi connectivity index (χ4v) is 4.63. The summed E-state index contributed by atoms with van der Waals surface area (Å²) in [5.41, 5.74) is 1.66. The topological polar surface area (TPSA) is 76.1 Å². The van der Waals surface area contributed by atoms with Crippen molar-refractivity contribution in [2.45, 2.75) is 17.7 Å². The zero-order valence-corrected chi connectivity index (χ0v) is 16.7. The Labute approximate surface area is 167 Å². The van der Waals surface area contributed by atoms with Gasteiger partial charge in [-0.05, 0) is 30.7 Å². The number of hydrogen-bond acceptors (Lipinski definition) is 5. The molecule has 1 N–H and O–H groups in total. The first-order chi connectivity index (χ1) is 12.9. The molecular formula is C19H17ClN2O3S2. The Kier molecular flexibility index (Phi) is 6.26. The quantitative estimate of drug-likeness (QED) is 0.603. The third-order valence-corrected chi connectivity index (χ3v) is 6.64. The molecule has 0 spiro atoms. The van der Waals surface area contributed by atoms with Crippen LogP contribution in [0.15, 0.2) is 64.9 Å². The molecule has 0 aliphatic carbocycles. The first-order valence-electron chi connectivity index (χ1n) is 8.23. The second kappa shape index (κ2) is 8.65. The fourth-order valence-electron chi connectivity index (χ4n) is 2.43. The van der Waals surface area contributed by atoms with Gasteiger partial charge in [-0.3, -0.25) is 4.79 Å². The lowest BCUT2D eigenvalue weighted by Gasteiger charge is -2.04. The molecule has 1 heterocycles. The Morgan fingerprint density at radius 1 is 1.07 bits per heavy atom. The van der Waals surface area contributed by atoms with Crippen molar-refractivity contribution in [1.82, 2.24) is 4.98 Å². The van der Waals surface area contributed by atoms with Gasteiger partial charge in [0, 0.05) is 22.4 Å². The Morgan fingerprint density at radius 2 is 1.78 bits per heavy atom. The standard InChI is InChI=1S/C19H17ClN2O3S2/c20-15-10-8-14(9-11-15)17-13-26-19(21-17)22-18(23)7-4-12-27(24,25)16-5-2-1-3-6-16/h1-3,5-6,8-11,13H,4,7,12H2,(H,21,22,23). The number of aromatic nitrogens is 1. The molecule has 0 bridgehead atoms. The van der Waals surface area contributed by atoms with Crippen LogP contribution in [0.5, 0.6) is 0 Å². The van der Waals surface area contributed by atoms with Crippen LogP contribution in [0.3, 0.4) is 0 Å². The molecule has 5 nitrogen and oxygen atoms in total. The molecule has 0 radical (unpaired) electrons. The van der Waals surface area contributed by atoms with Crippen molar-refractivity contribution in [1.29, 1.82) is 0 Å². The first kappa shape index (κ1) is 19.5. The Morgan fingerprint density at radius 3 is 2.48 bits per heavy atom. The lowest BCUT2D eigenvalue weighted by molar-refractivity contribution is -0.116. The molecule has 0 unspecified atom stereocenters. The number of nitrogens with one attached hydrogen (secondary N) is 1. The van der Waals surface area contributed by atoms with E-state index in [1.807, 2.05) is 17.5 Å². The summed E-state index contributed by atoms with van der Waals surface area (Å²) in [5, 5.41) is 5.69. The van der Waals surface area contributed by atoms with E-state index >= 15 is 0 Å². The number of halogens is 1. The van der Waals surface area contributed by atoms with Crippen LogP contribution in [0.25, 0.3) is 11.3 Å². The molecule has 1 aromatic heterocycles. The Hall–Kier alpha value is -2.22. The average Bonchev–Trinajstić information content (AvgIpc) is 3.11. The molecule has 0 aliphatic heterocycles. The van der Waals surface area contributed by atoms with Crippen molar-refractivity contribution in [3.63, 3.8) is 0 Å². The van der Waals surface area contributed by atoms with E-state index in [0.717, 1.165) is 11.3 Å². The minimum atomic E-state index is -3.37. The van der Waals surface area contributed by atoms with Crippen molar-refractivity contribution in [3.05, 3.63) is 65.0 Å². The summed E-state index contributed by atoms with van der Waals surface area (Å²) >= 11 is 7.19. The van der Waals surface area contributed by atoms with E-state index < -0.39 is 9.84 Å². The first-order valence-corrected chi connectivity index (χ1v) is 11.1. The number of thiazole rings is 1. The van der Waals surface area contributed by atoms with Gasteiger partial charge in [-0.2, -0.15) is 0 Å². The van der Waals surface area contributed by atoms with Gasteiger partial charge in [-0.1, -0.05) is 41.9 Å². The normalized spacial score (nSPS) is 11.3. The molecule has 0 fully saturated rings. The lowest BCUT2D eigenvalue weighted by Crippen LogP contribution is -2.14. The van der Waals surface area contributed by atoms with Gasteiger partial charge < -0.3 is 5.32 Å².